The van der Waals surface area contributed by atoms with Crippen LogP contribution in [0.4, 0.5) is 0 Å². The lowest BCUT2D eigenvalue weighted by Crippen LogP contribution is -2.23. The molecule has 3 N–H and O–H groups in total. The number of para-hydroxylation sites is 2. The number of carbonyl (C=O) groups excluding carboxylic acids is 1. The van der Waals surface area contributed by atoms with E-state index in [0.29, 0.717) is 18.8 Å². The number of fused-ring (bicyclic) bond motifs is 1. The number of aromatic nitrogens is 4. The van der Waals surface area contributed by atoms with Crippen molar-refractivity contribution in [1.82, 2.24) is 30.6 Å². The zero-order valence-electron chi connectivity index (χ0n) is 15.2. The molecule has 0 radical (unpaired) electrons. The Kier molecular flexibility index (Phi) is 5.69. The average Bonchev–Trinajstić information content (AvgIpc) is 3.37. The highest BCUT2D eigenvalue weighted by Crippen LogP contribution is 2.12. The summed E-state index contributed by atoms with van der Waals surface area (Å²) in [7, 11) is 0. The Balaban J connectivity index is 1.22. The van der Waals surface area contributed by atoms with E-state index < -0.39 is 0 Å². The summed E-state index contributed by atoms with van der Waals surface area (Å²) >= 11 is 1.50. The first kappa shape index (κ1) is 18.3. The number of thiazole rings is 1. The van der Waals surface area contributed by atoms with Crippen LogP contribution in [0.15, 0.2) is 54.2 Å². The smallest absolute Gasteiger partial charge is 0.271 e. The second-order valence-corrected chi connectivity index (χ2v) is 7.24. The number of carbonyl (C=O) groups is 1. The molecule has 0 spiro atoms. The normalized spacial score (nSPS) is 11.0. The van der Waals surface area contributed by atoms with Crippen molar-refractivity contribution in [2.75, 3.05) is 6.54 Å². The first-order valence-corrected chi connectivity index (χ1v) is 9.92. The van der Waals surface area contributed by atoms with Crippen LogP contribution in [-0.2, 0) is 19.5 Å². The van der Waals surface area contributed by atoms with E-state index in [4.69, 9.17) is 0 Å². The fourth-order valence-electron chi connectivity index (χ4n) is 2.80. The molecule has 0 aliphatic heterocycles. The zero-order chi connectivity index (χ0) is 19.2. The van der Waals surface area contributed by atoms with Crippen molar-refractivity contribution in [2.24, 2.45) is 0 Å². The maximum Gasteiger partial charge on any atom is 0.271 e. The van der Waals surface area contributed by atoms with Gasteiger partial charge in [0, 0.05) is 37.3 Å². The molecule has 1 amide bonds. The monoisotopic (exact) mass is 392 g/mol. The number of rotatable bonds is 8. The third-order valence-electron chi connectivity index (χ3n) is 4.21. The van der Waals surface area contributed by atoms with Crippen molar-refractivity contribution in [1.29, 1.82) is 0 Å². The van der Waals surface area contributed by atoms with Crippen LogP contribution in [0, 0.1) is 0 Å². The van der Waals surface area contributed by atoms with Gasteiger partial charge in [0.05, 0.1) is 22.6 Å². The molecule has 0 fully saturated rings. The van der Waals surface area contributed by atoms with Gasteiger partial charge >= 0.3 is 0 Å². The van der Waals surface area contributed by atoms with Crippen LogP contribution in [-0.4, -0.2) is 32.4 Å². The number of amides is 1. The van der Waals surface area contributed by atoms with Crippen molar-refractivity contribution in [3.8, 4) is 0 Å². The number of nitrogens with zero attached hydrogens (tertiary/aromatic N) is 3. The molecular weight excluding hydrogens is 372 g/mol. The summed E-state index contributed by atoms with van der Waals surface area (Å²) in [5.74, 6) is 0.748. The molecule has 1 aromatic carbocycles. The fraction of sp³-hybridized carbons (Fsp3) is 0.200. The molecule has 7 nitrogen and oxygen atoms in total. The minimum atomic E-state index is -0.165. The van der Waals surface area contributed by atoms with Gasteiger partial charge in [0.15, 0.2) is 0 Å². The van der Waals surface area contributed by atoms with Gasteiger partial charge < -0.3 is 15.6 Å². The van der Waals surface area contributed by atoms with Gasteiger partial charge in [-0.3, -0.25) is 9.78 Å². The highest BCUT2D eigenvalue weighted by molar-refractivity contribution is 7.09. The Labute approximate surface area is 166 Å². The summed E-state index contributed by atoms with van der Waals surface area (Å²) < 4.78 is 0. The largest absolute Gasteiger partial charge is 0.347 e. The summed E-state index contributed by atoms with van der Waals surface area (Å²) in [6, 6.07) is 11.8. The molecule has 0 aliphatic rings. The molecule has 142 valence electrons. The van der Waals surface area contributed by atoms with Crippen molar-refractivity contribution in [2.45, 2.75) is 19.5 Å². The van der Waals surface area contributed by atoms with Crippen LogP contribution >= 0.6 is 11.3 Å². The van der Waals surface area contributed by atoms with E-state index in [1.807, 2.05) is 36.4 Å². The molecule has 3 aromatic heterocycles. The Morgan fingerprint density at radius 3 is 2.89 bits per heavy atom. The summed E-state index contributed by atoms with van der Waals surface area (Å²) in [5.41, 5.74) is 3.43. The van der Waals surface area contributed by atoms with Gasteiger partial charge in [0.2, 0.25) is 0 Å². The van der Waals surface area contributed by atoms with Gasteiger partial charge in [-0.05, 0) is 23.8 Å². The van der Waals surface area contributed by atoms with E-state index >= 15 is 0 Å². The van der Waals surface area contributed by atoms with E-state index in [9.17, 15) is 4.79 Å². The quantitative estimate of drug-likeness (QED) is 0.401. The van der Waals surface area contributed by atoms with Gasteiger partial charge in [-0.25, -0.2) is 9.97 Å². The van der Waals surface area contributed by atoms with Gasteiger partial charge in [0.1, 0.15) is 11.5 Å². The van der Waals surface area contributed by atoms with Crippen molar-refractivity contribution in [3.63, 3.8) is 0 Å². The number of imidazole rings is 1. The lowest BCUT2D eigenvalue weighted by Gasteiger charge is -2.02. The number of pyridine rings is 1. The molecule has 0 aliphatic carbocycles. The fourth-order valence-corrected chi connectivity index (χ4v) is 3.58. The molecule has 3 heterocycles. The number of aromatic amines is 1. The maximum atomic E-state index is 12.2. The first-order chi connectivity index (χ1) is 13.8. The number of benzene rings is 1. The van der Waals surface area contributed by atoms with Crippen molar-refractivity contribution >= 4 is 28.3 Å². The van der Waals surface area contributed by atoms with E-state index in [1.54, 1.807) is 17.8 Å². The summed E-state index contributed by atoms with van der Waals surface area (Å²) in [6.45, 7) is 1.87. The summed E-state index contributed by atoms with van der Waals surface area (Å²) in [5, 5.41) is 8.96. The lowest BCUT2D eigenvalue weighted by molar-refractivity contribution is 0.0946. The van der Waals surface area contributed by atoms with E-state index in [0.717, 1.165) is 40.4 Å². The average molecular weight is 392 g/mol. The highest BCUT2D eigenvalue weighted by atomic mass is 32.1. The molecular formula is C20H20N6OS. The van der Waals surface area contributed by atoms with Crippen LogP contribution < -0.4 is 10.6 Å². The van der Waals surface area contributed by atoms with Crippen LogP contribution in [0.25, 0.3) is 11.0 Å². The second-order valence-electron chi connectivity index (χ2n) is 6.30. The van der Waals surface area contributed by atoms with Crippen molar-refractivity contribution in [3.05, 3.63) is 76.3 Å². The van der Waals surface area contributed by atoms with E-state index in [2.05, 4.69) is 30.6 Å². The predicted octanol–water partition coefficient (Wildman–Crippen LogP) is 2.68. The molecule has 0 bridgehead atoms. The summed E-state index contributed by atoms with van der Waals surface area (Å²) in [6.07, 6.45) is 4.21. The van der Waals surface area contributed by atoms with Crippen LogP contribution in [0.3, 0.4) is 0 Å². The van der Waals surface area contributed by atoms with Gasteiger partial charge in [-0.15, -0.1) is 11.3 Å². The predicted molar refractivity (Wildman–Crippen MR) is 109 cm³/mol. The first-order valence-electron chi connectivity index (χ1n) is 9.04. The van der Waals surface area contributed by atoms with Gasteiger partial charge in [-0.2, -0.15) is 0 Å². The van der Waals surface area contributed by atoms with E-state index in [1.165, 1.54) is 11.3 Å². The van der Waals surface area contributed by atoms with E-state index in [-0.39, 0.29) is 5.91 Å². The standard InChI is InChI=1S/C20H20N6OS/c27-20(23-11-14-4-3-8-21-10-14)17-13-28-19(26-17)7-9-22-12-18-24-15-5-1-2-6-16(15)25-18/h1-6,8,10,13,22H,7,9,11-12H2,(H,23,27)(H,24,25). The topological polar surface area (TPSA) is 95.6 Å². The maximum absolute atomic E-state index is 12.2. The lowest BCUT2D eigenvalue weighted by atomic mass is 10.3. The molecule has 4 aromatic rings. The molecule has 0 saturated heterocycles. The second kappa shape index (κ2) is 8.73. The third-order valence-corrected chi connectivity index (χ3v) is 5.12. The van der Waals surface area contributed by atoms with Gasteiger partial charge in [-0.1, -0.05) is 18.2 Å². The van der Waals surface area contributed by atoms with Crippen LogP contribution in [0.2, 0.25) is 0 Å². The Hall–Kier alpha value is -3.10. The molecule has 4 rings (SSSR count). The number of nitrogens with one attached hydrogen (secondary N) is 3. The molecule has 28 heavy (non-hydrogen) atoms. The minimum absolute atomic E-state index is 0.165. The number of H-pyrrole nitrogens is 1. The highest BCUT2D eigenvalue weighted by Gasteiger charge is 2.10. The Bertz CT molecular complexity index is 1030. The SMILES string of the molecule is O=C(NCc1cccnc1)c1csc(CCNCc2nc3ccccc3[nH]2)n1. The Morgan fingerprint density at radius 1 is 1.11 bits per heavy atom. The minimum Gasteiger partial charge on any atom is -0.347 e. The van der Waals surface area contributed by atoms with Gasteiger partial charge in [0.25, 0.3) is 5.91 Å². The molecule has 0 unspecified atom stereocenters. The molecule has 8 heteroatoms. The van der Waals surface area contributed by atoms with Crippen LogP contribution in [0.1, 0.15) is 26.9 Å². The molecule has 0 atom stereocenters. The number of hydrogen-bond donors (Lipinski definition) is 3. The summed E-state index contributed by atoms with van der Waals surface area (Å²) in [4.78, 5) is 28.5. The van der Waals surface area contributed by atoms with Crippen molar-refractivity contribution < 1.29 is 4.79 Å². The molecule has 0 saturated carbocycles. The zero-order valence-corrected chi connectivity index (χ0v) is 16.0. The Morgan fingerprint density at radius 2 is 2.04 bits per heavy atom. The third kappa shape index (κ3) is 4.59. The van der Waals surface area contributed by atoms with Crippen LogP contribution in [0.5, 0.6) is 0 Å². The number of hydrogen-bond acceptors (Lipinski definition) is 6.